The van der Waals surface area contributed by atoms with E-state index in [1.165, 1.54) is 61.6 Å². The molecule has 0 bridgehead atoms. The SMILES string of the molecule is CC[C@H](C)[C@H]1NC(=O)[C@@H](NC(=O)[C@@H](CC(C)C)N(C)C(=O)C2CCCN2C(=O)C(C)O)[C@@H](C)OC(=O)[C@H](Cc2ccc(OC)cc2)N(C)C(=O)C2CCCN2C(=O)[C@H](CC(C)C)NC(=O)[C@@H](C)C(=O)[C@H](C(C)C)OC(=O)C[C@@H]1C. The third kappa shape index (κ3) is 17.0. The number of likely N-dealkylation sites (N-methyl/N-ethyl adjacent to an activating group) is 2. The summed E-state index contributed by atoms with van der Waals surface area (Å²) in [5.74, 6) is -9.69. The number of amides is 7. The predicted molar refractivity (Wildman–Crippen MR) is 293 cm³/mol. The van der Waals surface area contributed by atoms with Gasteiger partial charge in [0, 0.05) is 39.6 Å². The molecule has 13 atom stereocenters. The molecule has 4 rings (SSSR count). The van der Waals surface area contributed by atoms with Crippen molar-refractivity contribution in [2.24, 2.45) is 35.5 Å². The van der Waals surface area contributed by atoms with Crippen molar-refractivity contribution in [1.82, 2.24) is 35.6 Å². The Kier molecular flexibility index (Phi) is 24.3. The second-order valence-corrected chi connectivity index (χ2v) is 23.4. The van der Waals surface area contributed by atoms with E-state index in [1.807, 2.05) is 41.5 Å². The lowest BCUT2D eigenvalue weighted by atomic mass is 9.86. The van der Waals surface area contributed by atoms with E-state index in [4.69, 9.17) is 14.2 Å². The van der Waals surface area contributed by atoms with Gasteiger partial charge in [-0.25, -0.2) is 4.79 Å². The van der Waals surface area contributed by atoms with Crippen molar-refractivity contribution in [2.75, 3.05) is 34.3 Å². The molecule has 0 radical (unpaired) electrons. The molecule has 1 aromatic carbocycles. The summed E-state index contributed by atoms with van der Waals surface area (Å²) in [4.78, 5) is 149. The lowest BCUT2D eigenvalue weighted by Gasteiger charge is -2.36. The number of rotatable bonds is 15. The summed E-state index contributed by atoms with van der Waals surface area (Å²) in [6, 6.07) is -1.37. The fraction of sp³-hybridized carbons (Fsp3) is 0.724. The number of aliphatic hydroxyl groups is 1. The summed E-state index contributed by atoms with van der Waals surface area (Å²) in [6.07, 6.45) is -2.34. The molecule has 0 saturated carbocycles. The Labute approximate surface area is 467 Å². The van der Waals surface area contributed by atoms with Crippen LogP contribution < -0.4 is 20.7 Å². The number of ether oxygens (including phenoxy) is 3. The Hall–Kier alpha value is -6.12. The van der Waals surface area contributed by atoms with E-state index >= 15 is 4.79 Å². The first-order valence-corrected chi connectivity index (χ1v) is 28.3. The monoisotopic (exact) mass is 1110 g/mol. The molecule has 3 aliphatic heterocycles. The van der Waals surface area contributed by atoms with Gasteiger partial charge in [-0.3, -0.25) is 43.2 Å². The third-order valence-corrected chi connectivity index (χ3v) is 15.8. The van der Waals surface area contributed by atoms with Gasteiger partial charge in [0.05, 0.1) is 19.4 Å². The highest BCUT2D eigenvalue weighted by molar-refractivity contribution is 6.05. The number of cyclic esters (lactones) is 2. The van der Waals surface area contributed by atoms with E-state index in [2.05, 4.69) is 16.0 Å². The number of nitrogens with zero attached hydrogens (tertiary/aromatic N) is 4. The molecular formula is C58H91N7O14. The molecule has 21 nitrogen and oxygen atoms in total. The zero-order valence-corrected chi connectivity index (χ0v) is 49.4. The molecule has 0 spiro atoms. The molecule has 4 N–H and O–H groups in total. The van der Waals surface area contributed by atoms with Gasteiger partial charge in [0.2, 0.25) is 35.4 Å². The fourth-order valence-electron chi connectivity index (χ4n) is 10.8. The number of benzene rings is 1. The van der Waals surface area contributed by atoms with Crippen LogP contribution in [-0.4, -0.2) is 179 Å². The van der Waals surface area contributed by atoms with Crippen LogP contribution in [0, 0.1) is 35.5 Å². The first-order valence-electron chi connectivity index (χ1n) is 28.3. The molecule has 3 fully saturated rings. The van der Waals surface area contributed by atoms with Crippen LogP contribution in [0.25, 0.3) is 0 Å². The van der Waals surface area contributed by atoms with E-state index in [0.717, 1.165) is 0 Å². The number of Topliss-reactive ketones (excluding diaryl/α,β-unsaturated/α-hetero) is 1. The second-order valence-electron chi connectivity index (χ2n) is 23.4. The van der Waals surface area contributed by atoms with E-state index in [0.29, 0.717) is 37.0 Å². The molecule has 79 heavy (non-hydrogen) atoms. The van der Waals surface area contributed by atoms with Gasteiger partial charge >= 0.3 is 11.9 Å². The highest BCUT2D eigenvalue weighted by Gasteiger charge is 2.46. The Morgan fingerprint density at radius 2 is 1.48 bits per heavy atom. The van der Waals surface area contributed by atoms with Crippen molar-refractivity contribution in [3.63, 3.8) is 0 Å². The normalized spacial score (nSPS) is 27.7. The lowest BCUT2D eigenvalue weighted by molar-refractivity contribution is -0.162. The van der Waals surface area contributed by atoms with Crippen LogP contribution in [0.4, 0.5) is 0 Å². The number of carbonyl (C=O) groups excluding carboxylic acids is 10. The fourth-order valence-corrected chi connectivity index (χ4v) is 10.8. The summed E-state index contributed by atoms with van der Waals surface area (Å²) in [5.41, 5.74) is 0.599. The van der Waals surface area contributed by atoms with Crippen molar-refractivity contribution < 1.29 is 67.3 Å². The molecule has 3 heterocycles. The number of methoxy groups -OCH3 is 1. The number of aliphatic hydroxyl groups excluding tert-OH is 1. The first kappa shape index (κ1) is 65.4. The van der Waals surface area contributed by atoms with Gasteiger partial charge in [-0.2, -0.15) is 0 Å². The highest BCUT2D eigenvalue weighted by Crippen LogP contribution is 2.28. The minimum Gasteiger partial charge on any atom is -0.497 e. The van der Waals surface area contributed by atoms with E-state index < -0.39 is 137 Å². The number of ketones is 1. The average Bonchev–Trinajstić information content (AvgIpc) is 4.13. The molecule has 0 aromatic heterocycles. The van der Waals surface area contributed by atoms with Crippen molar-refractivity contribution in [2.45, 2.75) is 201 Å². The summed E-state index contributed by atoms with van der Waals surface area (Å²) in [7, 11) is 4.37. The van der Waals surface area contributed by atoms with E-state index in [-0.39, 0.29) is 62.9 Å². The first-order chi connectivity index (χ1) is 37.0. The minimum absolute atomic E-state index is 0.0974. The van der Waals surface area contributed by atoms with Crippen LogP contribution in [0.2, 0.25) is 0 Å². The Bertz CT molecular complexity index is 2330. The van der Waals surface area contributed by atoms with Crippen LogP contribution in [0.5, 0.6) is 5.75 Å². The van der Waals surface area contributed by atoms with Gasteiger partial charge in [0.25, 0.3) is 5.91 Å². The lowest BCUT2D eigenvalue weighted by Crippen LogP contribution is -2.61. The maximum Gasteiger partial charge on any atom is 0.329 e. The molecule has 7 amide bonds. The molecule has 3 saturated heterocycles. The summed E-state index contributed by atoms with van der Waals surface area (Å²) in [6.45, 7) is 20.8. The summed E-state index contributed by atoms with van der Waals surface area (Å²) in [5, 5.41) is 18.8. The predicted octanol–water partition coefficient (Wildman–Crippen LogP) is 3.59. The average molecular weight is 1110 g/mol. The van der Waals surface area contributed by atoms with E-state index in [9.17, 15) is 48.3 Å². The molecule has 1 aromatic rings. The molecular weight excluding hydrogens is 1020 g/mol. The van der Waals surface area contributed by atoms with Crippen LogP contribution in [-0.2, 0) is 63.8 Å². The highest BCUT2D eigenvalue weighted by atomic mass is 16.6. The maximum absolute atomic E-state index is 15.1. The molecule has 0 aliphatic carbocycles. The standard InChI is InChI=1S/C58H91N7O14/c1-16-34(8)47-35(9)29-46(67)79-50(33(6)7)49(68)36(10)51(69)59-41(27-31(2)3)55(73)65-26-18-20-43(65)57(75)63(14)45(30-39-21-23-40(77-15)24-22-39)58(76)78-38(12)48(53(71)60-47)61-52(70)44(28-32(4)5)62(13)56(74)42-19-17-25-64(42)54(72)37(11)66/h21-24,31-38,41-45,47-48,50,66H,16-20,25-30H2,1-15H3,(H,59,69)(H,60,71)(H,61,70)/t34-,35-,36-,37?,38+,41-,42?,43?,44+,45-,47+,48-,50-/m0/s1. The van der Waals surface area contributed by atoms with E-state index in [1.54, 1.807) is 45.0 Å². The maximum atomic E-state index is 15.1. The van der Waals surface area contributed by atoms with Gasteiger partial charge in [0.15, 0.2) is 11.9 Å². The topological polar surface area (TPSA) is 268 Å². The van der Waals surface area contributed by atoms with Crippen molar-refractivity contribution in [3.05, 3.63) is 29.8 Å². The van der Waals surface area contributed by atoms with Crippen molar-refractivity contribution in [1.29, 1.82) is 0 Å². The third-order valence-electron chi connectivity index (χ3n) is 15.8. The summed E-state index contributed by atoms with van der Waals surface area (Å²) >= 11 is 0. The van der Waals surface area contributed by atoms with Crippen LogP contribution >= 0.6 is 0 Å². The minimum atomic E-state index is -1.65. The quantitative estimate of drug-likeness (QED) is 0.145. The van der Waals surface area contributed by atoms with Crippen molar-refractivity contribution >= 4 is 59.1 Å². The van der Waals surface area contributed by atoms with Gasteiger partial charge in [-0.05, 0) is 107 Å². The van der Waals surface area contributed by atoms with Gasteiger partial charge in [0.1, 0.15) is 54.2 Å². The zero-order valence-electron chi connectivity index (χ0n) is 49.4. The van der Waals surface area contributed by atoms with Crippen LogP contribution in [0.15, 0.2) is 24.3 Å². The number of fused-ring (bicyclic) bond motifs is 1. The number of esters is 2. The Morgan fingerprint density at radius 3 is 2.05 bits per heavy atom. The van der Waals surface area contributed by atoms with Gasteiger partial charge in [-0.15, -0.1) is 0 Å². The smallest absolute Gasteiger partial charge is 0.329 e. The van der Waals surface area contributed by atoms with Crippen LogP contribution in [0.3, 0.4) is 0 Å². The molecule has 442 valence electrons. The van der Waals surface area contributed by atoms with Gasteiger partial charge in [-0.1, -0.05) is 80.9 Å². The van der Waals surface area contributed by atoms with Crippen LogP contribution in [0.1, 0.15) is 140 Å². The number of carbonyl (C=O) groups is 10. The number of nitrogens with one attached hydrogen (secondary N) is 3. The number of hydrogen-bond donors (Lipinski definition) is 4. The summed E-state index contributed by atoms with van der Waals surface area (Å²) < 4.78 is 17.5. The van der Waals surface area contributed by atoms with Crippen molar-refractivity contribution in [3.8, 4) is 5.75 Å². The molecule has 21 heteroatoms. The molecule has 3 aliphatic rings. The number of likely N-dealkylation sites (tertiary alicyclic amines) is 1. The Morgan fingerprint density at radius 1 is 0.848 bits per heavy atom. The zero-order chi connectivity index (χ0) is 59.3. The largest absolute Gasteiger partial charge is 0.497 e. The van der Waals surface area contributed by atoms with Gasteiger partial charge < -0.3 is 54.9 Å². The Balaban J connectivity index is 1.89. The number of hydrogen-bond acceptors (Lipinski definition) is 14. The second kappa shape index (κ2) is 29.4. The molecule has 3 unspecified atom stereocenters.